The molecule has 0 aliphatic heterocycles. The molecule has 3 aromatic carbocycles. The minimum absolute atomic E-state index is 0.520. The molecule has 0 atom stereocenters. The number of rotatable bonds is 4. The molecular weight excluding hydrogens is 406 g/mol. The molecule has 0 bridgehead atoms. The highest BCUT2D eigenvalue weighted by Gasteiger charge is 2.16. The van der Waals surface area contributed by atoms with Gasteiger partial charge in [-0.3, -0.25) is 0 Å². The number of benzene rings is 3. The van der Waals surface area contributed by atoms with Gasteiger partial charge in [0, 0.05) is 22.0 Å². The van der Waals surface area contributed by atoms with E-state index in [9.17, 15) is 0 Å². The zero-order valence-electron chi connectivity index (χ0n) is 16.6. The van der Waals surface area contributed by atoms with Crippen LogP contribution in [0, 0.1) is 0 Å². The summed E-state index contributed by atoms with van der Waals surface area (Å²) in [6, 6.07) is 26.8. The van der Waals surface area contributed by atoms with E-state index in [1.54, 1.807) is 18.4 Å². The van der Waals surface area contributed by atoms with Crippen molar-refractivity contribution in [1.29, 1.82) is 0 Å². The van der Waals surface area contributed by atoms with Gasteiger partial charge in [0.15, 0.2) is 0 Å². The van der Waals surface area contributed by atoms with Crippen molar-refractivity contribution in [2.75, 3.05) is 7.11 Å². The molecule has 3 aromatic heterocycles. The summed E-state index contributed by atoms with van der Waals surface area (Å²) in [5.74, 6) is 1.90. The Morgan fingerprint density at radius 3 is 2.42 bits per heavy atom. The Morgan fingerprint density at radius 1 is 0.806 bits per heavy atom. The maximum absolute atomic E-state index is 5.96. The third-order valence-corrected chi connectivity index (χ3v) is 6.26. The van der Waals surface area contributed by atoms with Crippen molar-refractivity contribution in [3.05, 3.63) is 84.2 Å². The molecule has 6 rings (SSSR count). The molecule has 0 radical (unpaired) electrons. The number of hydrogen-bond donors (Lipinski definition) is 0. The minimum Gasteiger partial charge on any atom is -0.497 e. The molecule has 150 valence electrons. The number of hydrogen-bond acceptors (Lipinski definition) is 5. The first-order chi connectivity index (χ1) is 15.3. The molecule has 0 spiro atoms. The van der Waals surface area contributed by atoms with Gasteiger partial charge in [-0.25, -0.2) is 0 Å². The lowest BCUT2D eigenvalue weighted by Crippen LogP contribution is -1.94. The molecule has 0 fully saturated rings. The number of thiophene rings is 1. The zero-order valence-corrected chi connectivity index (χ0v) is 17.5. The van der Waals surface area contributed by atoms with Gasteiger partial charge in [-0.1, -0.05) is 24.3 Å². The second kappa shape index (κ2) is 7.11. The third kappa shape index (κ3) is 2.92. The third-order valence-electron chi connectivity index (χ3n) is 5.41. The van der Waals surface area contributed by atoms with Crippen LogP contribution >= 0.6 is 11.3 Å². The molecule has 0 aliphatic carbocycles. The molecule has 31 heavy (non-hydrogen) atoms. The van der Waals surface area contributed by atoms with Crippen molar-refractivity contribution in [2.24, 2.45) is 0 Å². The quantitative estimate of drug-likeness (QED) is 0.322. The molecule has 0 amide bonds. The SMILES string of the molecule is COc1ccc(-n2c3ccccc3c3cc(-c4nnc(-c5cccs5)o4)ccc32)cc1. The Hall–Kier alpha value is -3.90. The van der Waals surface area contributed by atoms with E-state index in [-0.39, 0.29) is 0 Å². The summed E-state index contributed by atoms with van der Waals surface area (Å²) in [5.41, 5.74) is 4.25. The summed E-state index contributed by atoms with van der Waals surface area (Å²) >= 11 is 1.58. The van der Waals surface area contributed by atoms with Crippen molar-refractivity contribution in [2.45, 2.75) is 0 Å². The van der Waals surface area contributed by atoms with E-state index in [1.807, 2.05) is 35.7 Å². The van der Waals surface area contributed by atoms with Gasteiger partial charge in [-0.05, 0) is 60.0 Å². The second-order valence-electron chi connectivity index (χ2n) is 7.17. The molecular formula is C25H17N3O2S. The second-order valence-corrected chi connectivity index (χ2v) is 8.12. The fourth-order valence-electron chi connectivity index (χ4n) is 3.96. The first kappa shape index (κ1) is 17.9. The minimum atomic E-state index is 0.520. The van der Waals surface area contributed by atoms with E-state index >= 15 is 0 Å². The van der Waals surface area contributed by atoms with Crippen molar-refractivity contribution in [3.63, 3.8) is 0 Å². The maximum Gasteiger partial charge on any atom is 0.258 e. The van der Waals surface area contributed by atoms with Gasteiger partial charge in [0.05, 0.1) is 23.0 Å². The van der Waals surface area contributed by atoms with Gasteiger partial charge in [0.25, 0.3) is 5.89 Å². The molecule has 3 heterocycles. The highest BCUT2D eigenvalue weighted by molar-refractivity contribution is 7.13. The fourth-order valence-corrected chi connectivity index (χ4v) is 4.60. The van der Waals surface area contributed by atoms with Crippen LogP contribution in [-0.4, -0.2) is 21.9 Å². The summed E-state index contributed by atoms with van der Waals surface area (Å²) in [6.45, 7) is 0. The standard InChI is InChI=1S/C25H17N3O2S/c1-29-18-11-9-17(10-12-18)28-21-6-3-2-5-19(21)20-15-16(8-13-22(20)28)24-26-27-25(30-24)23-7-4-14-31-23/h2-15H,1H3. The van der Waals surface area contributed by atoms with Gasteiger partial charge in [-0.15, -0.1) is 21.5 Å². The molecule has 0 N–H and O–H groups in total. The smallest absolute Gasteiger partial charge is 0.258 e. The topological polar surface area (TPSA) is 53.1 Å². The summed E-state index contributed by atoms with van der Waals surface area (Å²) in [7, 11) is 1.68. The summed E-state index contributed by atoms with van der Waals surface area (Å²) in [4.78, 5) is 0.968. The average Bonchev–Trinajstić information content (AvgIpc) is 3.57. The molecule has 0 saturated carbocycles. The predicted molar refractivity (Wildman–Crippen MR) is 124 cm³/mol. The van der Waals surface area contributed by atoms with Crippen molar-refractivity contribution < 1.29 is 9.15 Å². The van der Waals surface area contributed by atoms with Crippen LogP contribution < -0.4 is 4.74 Å². The van der Waals surface area contributed by atoms with E-state index in [4.69, 9.17) is 9.15 Å². The molecule has 6 aromatic rings. The molecule has 5 nitrogen and oxygen atoms in total. The number of para-hydroxylation sites is 1. The van der Waals surface area contributed by atoms with E-state index in [0.29, 0.717) is 11.8 Å². The van der Waals surface area contributed by atoms with Crippen molar-refractivity contribution >= 4 is 33.1 Å². The Bertz CT molecular complexity index is 1510. The van der Waals surface area contributed by atoms with E-state index in [2.05, 4.69) is 63.3 Å². The predicted octanol–water partition coefficient (Wildman–Crippen LogP) is 6.57. The number of ether oxygens (including phenoxy) is 1. The van der Waals surface area contributed by atoms with Gasteiger partial charge in [0.1, 0.15) is 5.75 Å². The molecule has 0 aliphatic rings. The van der Waals surface area contributed by atoms with Crippen LogP contribution in [0.15, 0.2) is 88.7 Å². The van der Waals surface area contributed by atoms with Crippen LogP contribution in [0.4, 0.5) is 0 Å². The monoisotopic (exact) mass is 423 g/mol. The summed E-state index contributed by atoms with van der Waals surface area (Å²) in [6.07, 6.45) is 0. The van der Waals surface area contributed by atoms with Gasteiger partial charge in [-0.2, -0.15) is 0 Å². The number of methoxy groups -OCH3 is 1. The molecule has 6 heteroatoms. The Labute approximate surface area is 182 Å². The van der Waals surface area contributed by atoms with E-state index in [0.717, 1.165) is 38.3 Å². The molecule has 0 unspecified atom stereocenters. The van der Waals surface area contributed by atoms with Crippen LogP contribution in [-0.2, 0) is 0 Å². The Morgan fingerprint density at radius 2 is 1.61 bits per heavy atom. The lowest BCUT2D eigenvalue weighted by atomic mass is 10.1. The van der Waals surface area contributed by atoms with Crippen molar-refractivity contribution in [1.82, 2.24) is 14.8 Å². The first-order valence-electron chi connectivity index (χ1n) is 9.87. The van der Waals surface area contributed by atoms with Crippen LogP contribution in [0.5, 0.6) is 5.75 Å². The van der Waals surface area contributed by atoms with Crippen LogP contribution in [0.25, 0.3) is 49.7 Å². The zero-order chi connectivity index (χ0) is 20.8. The normalized spacial score (nSPS) is 11.4. The summed E-state index contributed by atoms with van der Waals surface area (Å²) in [5, 5.41) is 12.8. The van der Waals surface area contributed by atoms with Crippen LogP contribution in [0.3, 0.4) is 0 Å². The number of nitrogens with zero attached hydrogens (tertiary/aromatic N) is 3. The van der Waals surface area contributed by atoms with Gasteiger partial charge >= 0.3 is 0 Å². The van der Waals surface area contributed by atoms with Crippen LogP contribution in [0.1, 0.15) is 0 Å². The average molecular weight is 423 g/mol. The van der Waals surface area contributed by atoms with Gasteiger partial charge < -0.3 is 13.7 Å². The first-order valence-corrected chi connectivity index (χ1v) is 10.8. The number of aromatic nitrogens is 3. The Balaban J connectivity index is 1.53. The fraction of sp³-hybridized carbons (Fsp3) is 0.0400. The van der Waals surface area contributed by atoms with Crippen molar-refractivity contribution in [3.8, 4) is 33.7 Å². The lowest BCUT2D eigenvalue weighted by molar-refractivity contribution is 0.415. The van der Waals surface area contributed by atoms with E-state index in [1.165, 1.54) is 5.39 Å². The maximum atomic E-state index is 5.96. The lowest BCUT2D eigenvalue weighted by Gasteiger charge is -2.09. The highest BCUT2D eigenvalue weighted by Crippen LogP contribution is 2.35. The van der Waals surface area contributed by atoms with E-state index < -0.39 is 0 Å². The highest BCUT2D eigenvalue weighted by atomic mass is 32.1. The summed E-state index contributed by atoms with van der Waals surface area (Å²) < 4.78 is 13.5. The number of fused-ring (bicyclic) bond motifs is 3. The van der Waals surface area contributed by atoms with Crippen LogP contribution in [0.2, 0.25) is 0 Å². The van der Waals surface area contributed by atoms with Gasteiger partial charge in [0.2, 0.25) is 5.89 Å². The largest absolute Gasteiger partial charge is 0.497 e. The Kier molecular flexibility index (Phi) is 4.11. The molecule has 0 saturated heterocycles.